The zero-order chi connectivity index (χ0) is 13.2. The summed E-state index contributed by atoms with van der Waals surface area (Å²) >= 11 is 7.15. The maximum atomic E-state index is 12.1. The van der Waals surface area contributed by atoms with Crippen LogP contribution in [0.25, 0.3) is 0 Å². The van der Waals surface area contributed by atoms with Crippen molar-refractivity contribution in [1.29, 1.82) is 0 Å². The van der Waals surface area contributed by atoms with Crippen molar-refractivity contribution < 1.29 is 9.90 Å². The smallest absolute Gasteiger partial charge is 0.229 e. The Hall–Kier alpha value is -0.650. The van der Waals surface area contributed by atoms with Gasteiger partial charge >= 0.3 is 0 Å². The van der Waals surface area contributed by atoms with Crippen LogP contribution in [0.1, 0.15) is 30.5 Å². The van der Waals surface area contributed by atoms with Crippen LogP contribution in [0.3, 0.4) is 0 Å². The fraction of sp³-hybridized carbons (Fsp3) is 0.667. The molecule has 0 spiro atoms. The van der Waals surface area contributed by atoms with Crippen LogP contribution in [0.2, 0.25) is 0 Å². The predicted octanol–water partition coefficient (Wildman–Crippen LogP) is 1.80. The number of likely N-dealkylation sites (tertiary alicyclic amines) is 1. The molecule has 1 fully saturated rings. The highest BCUT2D eigenvalue weighted by Crippen LogP contribution is 2.22. The first-order valence-electron chi connectivity index (χ1n) is 5.99. The van der Waals surface area contributed by atoms with Crippen molar-refractivity contribution in [2.45, 2.75) is 37.7 Å². The SMILES string of the molecule is CC1(O)CCN(C(=O)Cc2nc(CCl)cs2)CC1. The first-order chi connectivity index (χ1) is 8.50. The van der Waals surface area contributed by atoms with Gasteiger partial charge in [-0.25, -0.2) is 4.98 Å². The van der Waals surface area contributed by atoms with Gasteiger partial charge in [0.1, 0.15) is 5.01 Å². The van der Waals surface area contributed by atoms with Gasteiger partial charge in [-0.05, 0) is 19.8 Å². The number of aliphatic hydroxyl groups is 1. The Labute approximate surface area is 116 Å². The molecule has 1 N–H and O–H groups in total. The highest BCUT2D eigenvalue weighted by Gasteiger charge is 2.29. The molecular formula is C12H17ClN2O2S. The van der Waals surface area contributed by atoms with E-state index in [4.69, 9.17) is 11.6 Å². The number of aromatic nitrogens is 1. The quantitative estimate of drug-likeness (QED) is 0.863. The largest absolute Gasteiger partial charge is 0.390 e. The molecule has 0 bridgehead atoms. The maximum Gasteiger partial charge on any atom is 0.229 e. The molecule has 1 aromatic rings. The first kappa shape index (κ1) is 13.8. The molecule has 4 nitrogen and oxygen atoms in total. The molecule has 1 saturated heterocycles. The van der Waals surface area contributed by atoms with Crippen molar-refractivity contribution in [3.8, 4) is 0 Å². The summed E-state index contributed by atoms with van der Waals surface area (Å²) in [6.45, 7) is 3.07. The highest BCUT2D eigenvalue weighted by atomic mass is 35.5. The molecule has 6 heteroatoms. The predicted molar refractivity (Wildman–Crippen MR) is 71.8 cm³/mol. The van der Waals surface area contributed by atoms with Crippen LogP contribution in [-0.4, -0.2) is 39.6 Å². The second-order valence-corrected chi connectivity index (χ2v) is 6.13. The third-order valence-corrected chi connectivity index (χ3v) is 4.40. The summed E-state index contributed by atoms with van der Waals surface area (Å²) in [5, 5.41) is 12.5. The second-order valence-electron chi connectivity index (χ2n) is 4.92. The molecule has 2 heterocycles. The van der Waals surface area contributed by atoms with Crippen molar-refractivity contribution in [3.63, 3.8) is 0 Å². The molecule has 0 unspecified atom stereocenters. The lowest BCUT2D eigenvalue weighted by atomic mass is 9.94. The zero-order valence-corrected chi connectivity index (χ0v) is 11.9. The normalized spacial score (nSPS) is 18.9. The molecule has 0 aliphatic carbocycles. The third kappa shape index (κ3) is 3.43. The van der Waals surface area contributed by atoms with E-state index in [0.29, 0.717) is 38.2 Å². The van der Waals surface area contributed by atoms with E-state index in [-0.39, 0.29) is 5.91 Å². The second kappa shape index (κ2) is 5.55. The Morgan fingerprint density at radius 3 is 2.83 bits per heavy atom. The number of carbonyl (C=O) groups is 1. The molecule has 100 valence electrons. The van der Waals surface area contributed by atoms with E-state index in [1.165, 1.54) is 11.3 Å². The van der Waals surface area contributed by atoms with Crippen molar-refractivity contribution in [3.05, 3.63) is 16.1 Å². The van der Waals surface area contributed by atoms with Gasteiger partial charge in [0.25, 0.3) is 0 Å². The lowest BCUT2D eigenvalue weighted by molar-refractivity contribution is -0.134. The Morgan fingerprint density at radius 1 is 1.61 bits per heavy atom. The standard InChI is InChI=1S/C12H17ClN2O2S/c1-12(17)2-4-15(5-3-12)11(16)6-10-14-9(7-13)8-18-10/h8,17H,2-7H2,1H3. The van der Waals surface area contributed by atoms with Crippen LogP contribution in [0.15, 0.2) is 5.38 Å². The number of thiazole rings is 1. The molecule has 1 amide bonds. The van der Waals surface area contributed by atoms with Gasteiger partial charge in [-0.15, -0.1) is 22.9 Å². The zero-order valence-electron chi connectivity index (χ0n) is 10.4. The summed E-state index contributed by atoms with van der Waals surface area (Å²) in [5.74, 6) is 0.470. The number of halogens is 1. The van der Waals surface area contributed by atoms with Crippen LogP contribution in [0.5, 0.6) is 0 Å². The van der Waals surface area contributed by atoms with Gasteiger partial charge in [0.15, 0.2) is 0 Å². The lowest BCUT2D eigenvalue weighted by Crippen LogP contribution is -2.45. The molecule has 1 aliphatic heterocycles. The van der Waals surface area contributed by atoms with Gasteiger partial charge < -0.3 is 10.0 Å². The summed E-state index contributed by atoms with van der Waals surface area (Å²) in [4.78, 5) is 18.1. The molecule has 1 aromatic heterocycles. The fourth-order valence-corrected chi connectivity index (χ4v) is 2.98. The molecule has 2 rings (SSSR count). The average molecular weight is 289 g/mol. The lowest BCUT2D eigenvalue weighted by Gasteiger charge is -2.35. The van der Waals surface area contributed by atoms with Gasteiger partial charge in [0.05, 0.1) is 23.6 Å². The molecular weight excluding hydrogens is 272 g/mol. The first-order valence-corrected chi connectivity index (χ1v) is 7.41. The Bertz CT molecular complexity index is 423. The number of hydrogen-bond donors (Lipinski definition) is 1. The maximum absolute atomic E-state index is 12.1. The van der Waals surface area contributed by atoms with Crippen molar-refractivity contribution in [2.75, 3.05) is 13.1 Å². The van der Waals surface area contributed by atoms with E-state index in [0.717, 1.165) is 10.7 Å². The summed E-state index contributed by atoms with van der Waals surface area (Å²) in [7, 11) is 0. The summed E-state index contributed by atoms with van der Waals surface area (Å²) in [5.41, 5.74) is 0.204. The van der Waals surface area contributed by atoms with E-state index in [9.17, 15) is 9.90 Å². The van der Waals surface area contributed by atoms with E-state index in [1.54, 1.807) is 4.90 Å². The van der Waals surface area contributed by atoms with Crippen LogP contribution >= 0.6 is 22.9 Å². The minimum Gasteiger partial charge on any atom is -0.390 e. The van der Waals surface area contributed by atoms with Gasteiger partial charge in [-0.1, -0.05) is 0 Å². The Balaban J connectivity index is 1.89. The van der Waals surface area contributed by atoms with E-state index in [1.807, 2.05) is 12.3 Å². The number of rotatable bonds is 3. The minimum absolute atomic E-state index is 0.0842. The number of piperidine rings is 1. The van der Waals surface area contributed by atoms with Gasteiger partial charge in [-0.2, -0.15) is 0 Å². The van der Waals surface area contributed by atoms with Gasteiger partial charge in [-0.3, -0.25) is 4.79 Å². The van der Waals surface area contributed by atoms with Gasteiger partial charge in [0.2, 0.25) is 5.91 Å². The van der Waals surface area contributed by atoms with Crippen LogP contribution in [0.4, 0.5) is 0 Å². The number of hydrogen-bond acceptors (Lipinski definition) is 4. The number of nitrogens with zero attached hydrogens (tertiary/aromatic N) is 2. The molecule has 0 aromatic carbocycles. The number of alkyl halides is 1. The number of amides is 1. The van der Waals surface area contributed by atoms with Crippen LogP contribution < -0.4 is 0 Å². The van der Waals surface area contributed by atoms with Crippen LogP contribution in [-0.2, 0) is 17.1 Å². The van der Waals surface area contributed by atoms with Crippen molar-refractivity contribution in [1.82, 2.24) is 9.88 Å². The summed E-state index contributed by atoms with van der Waals surface area (Å²) < 4.78 is 0. The summed E-state index contributed by atoms with van der Waals surface area (Å²) in [6.07, 6.45) is 1.62. The van der Waals surface area contributed by atoms with Crippen LogP contribution in [0, 0.1) is 0 Å². The van der Waals surface area contributed by atoms with Crippen molar-refractivity contribution in [2.24, 2.45) is 0 Å². The minimum atomic E-state index is -0.621. The Morgan fingerprint density at radius 2 is 2.28 bits per heavy atom. The molecule has 1 aliphatic rings. The van der Waals surface area contributed by atoms with Crippen molar-refractivity contribution >= 4 is 28.8 Å². The average Bonchev–Trinajstić information content (AvgIpc) is 2.76. The topological polar surface area (TPSA) is 53.4 Å². The van der Waals surface area contributed by atoms with E-state index >= 15 is 0 Å². The monoisotopic (exact) mass is 288 g/mol. The fourth-order valence-electron chi connectivity index (χ4n) is 1.97. The Kier molecular flexibility index (Phi) is 4.25. The highest BCUT2D eigenvalue weighted by molar-refractivity contribution is 7.09. The summed E-state index contributed by atoms with van der Waals surface area (Å²) in [6, 6.07) is 0. The molecule has 18 heavy (non-hydrogen) atoms. The van der Waals surface area contributed by atoms with E-state index < -0.39 is 5.60 Å². The number of carbonyl (C=O) groups excluding carboxylic acids is 1. The third-order valence-electron chi connectivity index (χ3n) is 3.23. The molecule has 0 atom stereocenters. The van der Waals surface area contributed by atoms with Gasteiger partial charge in [0, 0.05) is 18.5 Å². The van der Waals surface area contributed by atoms with E-state index in [2.05, 4.69) is 4.98 Å². The molecule has 0 radical (unpaired) electrons. The molecule has 0 saturated carbocycles.